The number of ether oxygens (including phenoxy) is 1. The third-order valence-electron chi connectivity index (χ3n) is 6.38. The summed E-state index contributed by atoms with van der Waals surface area (Å²) < 4.78 is 7.21. The molecule has 0 fully saturated rings. The Bertz CT molecular complexity index is 2020. The lowest BCUT2D eigenvalue weighted by Crippen LogP contribution is -2.20. The summed E-state index contributed by atoms with van der Waals surface area (Å²) in [6.45, 7) is 0. The first-order valence-electron chi connectivity index (χ1n) is 12.6. The van der Waals surface area contributed by atoms with E-state index >= 15 is 0 Å². The van der Waals surface area contributed by atoms with Gasteiger partial charge in [-0.25, -0.2) is 9.97 Å². The van der Waals surface area contributed by atoms with Gasteiger partial charge in [0, 0.05) is 17.0 Å². The maximum atomic E-state index is 12.9. The number of nitrogens with one attached hydrogen (secondary N) is 2. The summed E-state index contributed by atoms with van der Waals surface area (Å²) in [5.41, 5.74) is 3.00. The maximum absolute atomic E-state index is 12.9. The molecular formula is C31H21N7O2. The molecule has 0 aliphatic rings. The second kappa shape index (κ2) is 9.80. The number of aromatic amines is 1. The Labute approximate surface area is 227 Å². The molecule has 0 saturated heterocycles. The van der Waals surface area contributed by atoms with Crippen LogP contribution in [0.3, 0.4) is 0 Å². The van der Waals surface area contributed by atoms with E-state index in [9.17, 15) is 4.79 Å². The van der Waals surface area contributed by atoms with Crippen molar-refractivity contribution in [2.45, 2.75) is 0 Å². The number of anilines is 2. The van der Waals surface area contributed by atoms with Crippen molar-refractivity contribution in [1.82, 2.24) is 29.9 Å². The highest BCUT2D eigenvalue weighted by atomic mass is 16.5. The zero-order chi connectivity index (χ0) is 26.9. The van der Waals surface area contributed by atoms with E-state index in [0.717, 1.165) is 22.2 Å². The Morgan fingerprint density at radius 1 is 0.725 bits per heavy atom. The Kier molecular flexibility index (Phi) is 5.71. The van der Waals surface area contributed by atoms with Crippen LogP contribution in [-0.4, -0.2) is 29.9 Å². The van der Waals surface area contributed by atoms with Gasteiger partial charge in [-0.3, -0.25) is 9.89 Å². The van der Waals surface area contributed by atoms with Crippen LogP contribution in [0.1, 0.15) is 0 Å². The van der Waals surface area contributed by atoms with Gasteiger partial charge < -0.3 is 10.1 Å². The first-order chi connectivity index (χ1) is 19.7. The SMILES string of the molecule is O=c1cc2[nH]nc(Nc3nc(-c4ccccc4)nc4ccccc34)c2nn1-c1ccc(Oc2ccccc2)cc1. The molecule has 0 unspecified atom stereocenters. The van der Waals surface area contributed by atoms with E-state index in [-0.39, 0.29) is 5.56 Å². The molecule has 7 rings (SSSR count). The molecule has 3 aromatic heterocycles. The lowest BCUT2D eigenvalue weighted by atomic mass is 10.2. The summed E-state index contributed by atoms with van der Waals surface area (Å²) in [6, 6.07) is 35.7. The molecule has 0 saturated carbocycles. The van der Waals surface area contributed by atoms with Gasteiger partial charge in [0.15, 0.2) is 17.2 Å². The van der Waals surface area contributed by atoms with Crippen molar-refractivity contribution in [3.63, 3.8) is 0 Å². The summed E-state index contributed by atoms with van der Waals surface area (Å²) >= 11 is 0. The monoisotopic (exact) mass is 523 g/mol. The predicted molar refractivity (Wildman–Crippen MR) is 154 cm³/mol. The number of para-hydroxylation sites is 2. The largest absolute Gasteiger partial charge is 0.457 e. The summed E-state index contributed by atoms with van der Waals surface area (Å²) in [5, 5.41) is 16.1. The van der Waals surface area contributed by atoms with Crippen LogP contribution in [0.4, 0.5) is 11.6 Å². The van der Waals surface area contributed by atoms with Gasteiger partial charge in [0.05, 0.1) is 16.7 Å². The standard InChI is InChI=1S/C31H21N7O2/c39-27-19-26-28(37-38(27)21-15-17-23(18-16-21)40-22-11-5-2-6-12-22)31(36-35-26)34-30-24-13-7-8-14-25(24)32-29(33-30)20-9-3-1-4-10-20/h1-19,35H,(H,32,33,34,36). The zero-order valence-electron chi connectivity index (χ0n) is 21.0. The van der Waals surface area contributed by atoms with E-state index in [0.29, 0.717) is 39.9 Å². The van der Waals surface area contributed by atoms with Crippen LogP contribution < -0.4 is 15.6 Å². The summed E-state index contributed by atoms with van der Waals surface area (Å²) in [4.78, 5) is 22.5. The lowest BCUT2D eigenvalue weighted by Gasteiger charge is -2.10. The van der Waals surface area contributed by atoms with E-state index in [4.69, 9.17) is 14.7 Å². The molecule has 0 radical (unpaired) electrons. The number of rotatable bonds is 6. The molecule has 0 aliphatic heterocycles. The van der Waals surface area contributed by atoms with Crippen molar-refractivity contribution in [1.29, 1.82) is 0 Å². The minimum Gasteiger partial charge on any atom is -0.457 e. The van der Waals surface area contributed by atoms with Crippen molar-refractivity contribution in [2.75, 3.05) is 5.32 Å². The second-order valence-corrected chi connectivity index (χ2v) is 9.04. The molecule has 192 valence electrons. The minimum absolute atomic E-state index is 0.293. The highest BCUT2D eigenvalue weighted by Crippen LogP contribution is 2.29. The van der Waals surface area contributed by atoms with Crippen LogP contribution in [0.5, 0.6) is 11.5 Å². The van der Waals surface area contributed by atoms with Gasteiger partial charge in [0.2, 0.25) is 0 Å². The molecule has 0 spiro atoms. The number of H-pyrrole nitrogens is 1. The fraction of sp³-hybridized carbons (Fsp3) is 0. The second-order valence-electron chi connectivity index (χ2n) is 9.04. The van der Waals surface area contributed by atoms with E-state index in [2.05, 4.69) is 20.6 Å². The Morgan fingerprint density at radius 3 is 2.23 bits per heavy atom. The molecule has 0 aliphatic carbocycles. The van der Waals surface area contributed by atoms with E-state index in [1.54, 1.807) is 24.3 Å². The lowest BCUT2D eigenvalue weighted by molar-refractivity contribution is 0.482. The number of benzene rings is 4. The topological polar surface area (TPSA) is 111 Å². The van der Waals surface area contributed by atoms with Crippen molar-refractivity contribution < 1.29 is 4.74 Å². The number of fused-ring (bicyclic) bond motifs is 2. The smallest absolute Gasteiger partial charge is 0.273 e. The normalized spacial score (nSPS) is 11.1. The molecule has 0 amide bonds. The van der Waals surface area contributed by atoms with E-state index in [1.807, 2.05) is 84.9 Å². The molecule has 3 heterocycles. The van der Waals surface area contributed by atoms with Gasteiger partial charge >= 0.3 is 0 Å². The van der Waals surface area contributed by atoms with Crippen molar-refractivity contribution in [3.8, 4) is 28.6 Å². The first kappa shape index (κ1) is 23.3. The molecule has 7 aromatic rings. The molecule has 4 aromatic carbocycles. The van der Waals surface area contributed by atoms with Gasteiger partial charge in [-0.05, 0) is 48.5 Å². The van der Waals surface area contributed by atoms with Crippen molar-refractivity contribution >= 4 is 33.6 Å². The first-order valence-corrected chi connectivity index (χ1v) is 12.6. The highest BCUT2D eigenvalue weighted by molar-refractivity contribution is 5.95. The molecule has 0 bridgehead atoms. The van der Waals surface area contributed by atoms with Crippen LogP contribution in [0, 0.1) is 0 Å². The molecule has 2 N–H and O–H groups in total. The quantitative estimate of drug-likeness (QED) is 0.265. The molecule has 0 atom stereocenters. The minimum atomic E-state index is -0.293. The van der Waals surface area contributed by atoms with E-state index in [1.165, 1.54) is 10.7 Å². The van der Waals surface area contributed by atoms with Crippen LogP contribution >= 0.6 is 0 Å². The molecular weight excluding hydrogens is 502 g/mol. The van der Waals surface area contributed by atoms with Crippen LogP contribution in [0.25, 0.3) is 39.0 Å². The van der Waals surface area contributed by atoms with Crippen LogP contribution in [-0.2, 0) is 0 Å². The molecule has 40 heavy (non-hydrogen) atoms. The number of nitrogens with zero attached hydrogens (tertiary/aromatic N) is 5. The number of hydrogen-bond acceptors (Lipinski definition) is 7. The Morgan fingerprint density at radius 2 is 1.43 bits per heavy atom. The third kappa shape index (κ3) is 4.41. The summed E-state index contributed by atoms with van der Waals surface area (Å²) in [5.74, 6) is 2.99. The van der Waals surface area contributed by atoms with Gasteiger partial charge in [0.1, 0.15) is 17.3 Å². The highest BCUT2D eigenvalue weighted by Gasteiger charge is 2.15. The summed E-state index contributed by atoms with van der Waals surface area (Å²) in [7, 11) is 0. The van der Waals surface area contributed by atoms with Gasteiger partial charge in [-0.1, -0.05) is 60.7 Å². The fourth-order valence-electron chi connectivity index (χ4n) is 4.44. The van der Waals surface area contributed by atoms with Crippen molar-refractivity contribution in [2.24, 2.45) is 0 Å². The maximum Gasteiger partial charge on any atom is 0.273 e. The van der Waals surface area contributed by atoms with E-state index < -0.39 is 0 Å². The number of hydrogen-bond donors (Lipinski definition) is 2. The molecule has 9 heteroatoms. The third-order valence-corrected chi connectivity index (χ3v) is 6.38. The Balaban J connectivity index is 1.26. The van der Waals surface area contributed by atoms with Gasteiger partial charge in [-0.15, -0.1) is 0 Å². The fourth-order valence-corrected chi connectivity index (χ4v) is 4.44. The average molecular weight is 524 g/mol. The van der Waals surface area contributed by atoms with Crippen LogP contribution in [0.15, 0.2) is 120 Å². The van der Waals surface area contributed by atoms with Gasteiger partial charge in [0.25, 0.3) is 5.56 Å². The molecule has 9 nitrogen and oxygen atoms in total. The average Bonchev–Trinajstić information content (AvgIpc) is 3.39. The predicted octanol–water partition coefficient (Wildman–Crippen LogP) is 6.25. The van der Waals surface area contributed by atoms with Crippen LogP contribution in [0.2, 0.25) is 0 Å². The Hall–Kier alpha value is -5.83. The zero-order valence-corrected chi connectivity index (χ0v) is 21.0. The van der Waals surface area contributed by atoms with Gasteiger partial charge in [-0.2, -0.15) is 14.9 Å². The number of aromatic nitrogens is 6. The summed E-state index contributed by atoms with van der Waals surface area (Å²) in [6.07, 6.45) is 0. The van der Waals surface area contributed by atoms with Crippen molar-refractivity contribution in [3.05, 3.63) is 126 Å².